The average molecular weight is 355 g/mol. The molecule has 0 aromatic carbocycles. The van der Waals surface area contributed by atoms with Crippen LogP contribution in [0.25, 0.3) is 11.2 Å². The second kappa shape index (κ2) is 7.19. The molecule has 2 aromatic heterocycles. The fourth-order valence-electron chi connectivity index (χ4n) is 2.59. The summed E-state index contributed by atoms with van der Waals surface area (Å²) in [6, 6.07) is 0. The van der Waals surface area contributed by atoms with Gasteiger partial charge in [0.1, 0.15) is 23.8 Å². The minimum Gasteiger partial charge on any atom is -0.394 e. The van der Waals surface area contributed by atoms with Crippen molar-refractivity contribution in [2.24, 2.45) is 0 Å². The topological polar surface area (TPSA) is 140 Å². The van der Waals surface area contributed by atoms with Crippen LogP contribution in [0.1, 0.15) is 26.0 Å². The largest absolute Gasteiger partial charge is 0.394 e. The number of hydrogen-bond acceptors (Lipinski definition) is 9. The van der Waals surface area contributed by atoms with E-state index in [0.717, 1.165) is 18.6 Å². The molecule has 0 radical (unpaired) electrons. The van der Waals surface area contributed by atoms with Crippen molar-refractivity contribution in [1.29, 1.82) is 0 Å². The number of thioether (sulfide) groups is 1. The van der Waals surface area contributed by atoms with Crippen LogP contribution in [0.2, 0.25) is 0 Å². The van der Waals surface area contributed by atoms with Gasteiger partial charge in [-0.05, 0) is 6.42 Å². The van der Waals surface area contributed by atoms with Crippen LogP contribution in [0.5, 0.6) is 0 Å². The molecule has 3 heterocycles. The standard InChI is InChI=1S/C14H21N5O4S/c1-2-3-4-24-14-17-11(15)8-12(18-14)19(6-16-8)13-10(22)9(21)7(5-20)23-13/h6-7,9-10,13,20-22H,2-5H2,1H3,(H2,15,17,18)/t7-,9-,10-,13-/m1/s1. The highest BCUT2D eigenvalue weighted by Gasteiger charge is 2.44. The van der Waals surface area contributed by atoms with E-state index < -0.39 is 31.1 Å². The smallest absolute Gasteiger partial charge is 0.191 e. The van der Waals surface area contributed by atoms with Gasteiger partial charge in [0, 0.05) is 5.75 Å². The summed E-state index contributed by atoms with van der Waals surface area (Å²) in [6.45, 7) is 1.71. The van der Waals surface area contributed by atoms with Gasteiger partial charge < -0.3 is 25.8 Å². The maximum Gasteiger partial charge on any atom is 0.191 e. The van der Waals surface area contributed by atoms with Crippen molar-refractivity contribution in [2.45, 2.75) is 49.5 Å². The van der Waals surface area contributed by atoms with Gasteiger partial charge in [-0.1, -0.05) is 25.1 Å². The second-order valence-corrected chi connectivity index (χ2v) is 6.71. The van der Waals surface area contributed by atoms with Crippen LogP contribution < -0.4 is 5.73 Å². The fraction of sp³-hybridized carbons (Fsp3) is 0.643. The highest BCUT2D eigenvalue weighted by molar-refractivity contribution is 7.99. The summed E-state index contributed by atoms with van der Waals surface area (Å²) in [6.07, 6.45) is -0.589. The molecule has 5 N–H and O–H groups in total. The SMILES string of the molecule is CCCCSc1nc(N)c2ncn([C@@H]3O[C@H](CO)[C@@H](O)[C@H]3O)c2n1. The summed E-state index contributed by atoms with van der Waals surface area (Å²) in [5.41, 5.74) is 6.79. The number of rotatable bonds is 6. The van der Waals surface area contributed by atoms with E-state index in [4.69, 9.17) is 10.5 Å². The molecular formula is C14H21N5O4S. The molecule has 2 aromatic rings. The molecule has 3 rings (SSSR count). The Morgan fingerprint density at radius 2 is 2.12 bits per heavy atom. The molecule has 4 atom stereocenters. The predicted octanol–water partition coefficient (Wildman–Crippen LogP) is -0.0878. The van der Waals surface area contributed by atoms with Gasteiger partial charge in [0.2, 0.25) is 0 Å². The first-order valence-corrected chi connectivity index (χ1v) is 8.80. The van der Waals surface area contributed by atoms with Gasteiger partial charge >= 0.3 is 0 Å². The first-order valence-electron chi connectivity index (χ1n) is 7.82. The van der Waals surface area contributed by atoms with Crippen LogP contribution in [-0.4, -0.2) is 65.5 Å². The first kappa shape index (κ1) is 17.4. The highest BCUT2D eigenvalue weighted by Crippen LogP contribution is 2.32. The predicted molar refractivity (Wildman–Crippen MR) is 88.4 cm³/mol. The van der Waals surface area contributed by atoms with Crippen molar-refractivity contribution in [3.05, 3.63) is 6.33 Å². The van der Waals surface area contributed by atoms with Crippen molar-refractivity contribution >= 4 is 28.7 Å². The van der Waals surface area contributed by atoms with Gasteiger partial charge in [-0.2, -0.15) is 0 Å². The number of hydrogen-bond donors (Lipinski definition) is 4. The molecule has 1 saturated heterocycles. The minimum atomic E-state index is -1.20. The molecule has 9 nitrogen and oxygen atoms in total. The Morgan fingerprint density at radius 3 is 2.79 bits per heavy atom. The summed E-state index contributed by atoms with van der Waals surface area (Å²) in [5, 5.41) is 29.9. The van der Waals surface area contributed by atoms with E-state index >= 15 is 0 Å². The average Bonchev–Trinajstić information content (AvgIpc) is 3.10. The van der Waals surface area contributed by atoms with E-state index in [1.165, 1.54) is 22.7 Å². The van der Waals surface area contributed by atoms with Crippen LogP contribution in [0, 0.1) is 0 Å². The van der Waals surface area contributed by atoms with Crippen molar-refractivity contribution < 1.29 is 20.1 Å². The number of aromatic nitrogens is 4. The molecule has 24 heavy (non-hydrogen) atoms. The molecule has 0 spiro atoms. The van der Waals surface area contributed by atoms with E-state index in [1.807, 2.05) is 0 Å². The van der Waals surface area contributed by atoms with Gasteiger partial charge in [-0.25, -0.2) is 15.0 Å². The van der Waals surface area contributed by atoms with Crippen LogP contribution >= 0.6 is 11.8 Å². The number of anilines is 1. The van der Waals surface area contributed by atoms with Crippen LogP contribution in [0.15, 0.2) is 11.5 Å². The van der Waals surface area contributed by atoms with E-state index in [9.17, 15) is 15.3 Å². The minimum absolute atomic E-state index is 0.254. The first-order chi connectivity index (χ1) is 11.6. The number of aliphatic hydroxyl groups excluding tert-OH is 3. The molecule has 1 fully saturated rings. The summed E-state index contributed by atoms with van der Waals surface area (Å²) >= 11 is 1.50. The quantitative estimate of drug-likeness (QED) is 0.318. The molecule has 0 unspecified atom stereocenters. The molecule has 0 bridgehead atoms. The number of imidazole rings is 1. The van der Waals surface area contributed by atoms with Crippen molar-refractivity contribution in [3.63, 3.8) is 0 Å². The third-order valence-electron chi connectivity index (χ3n) is 3.95. The van der Waals surface area contributed by atoms with Crippen LogP contribution in [0.3, 0.4) is 0 Å². The van der Waals surface area contributed by atoms with Gasteiger partial charge in [-0.15, -0.1) is 0 Å². The van der Waals surface area contributed by atoms with Gasteiger partial charge in [0.15, 0.2) is 22.8 Å². The van der Waals surface area contributed by atoms with Gasteiger partial charge in [0.05, 0.1) is 12.9 Å². The lowest BCUT2D eigenvalue weighted by molar-refractivity contribution is -0.0511. The molecule has 10 heteroatoms. The van der Waals surface area contributed by atoms with E-state index in [-0.39, 0.29) is 5.82 Å². The molecule has 1 aliphatic rings. The Kier molecular flexibility index (Phi) is 5.21. The van der Waals surface area contributed by atoms with E-state index in [1.54, 1.807) is 0 Å². The van der Waals surface area contributed by atoms with Crippen molar-refractivity contribution in [3.8, 4) is 0 Å². The zero-order chi connectivity index (χ0) is 17.3. The number of unbranched alkanes of at least 4 members (excludes halogenated alkanes) is 1. The number of nitrogens with zero attached hydrogens (tertiary/aromatic N) is 4. The zero-order valence-corrected chi connectivity index (χ0v) is 14.1. The lowest BCUT2D eigenvalue weighted by atomic mass is 10.1. The number of fused-ring (bicyclic) bond motifs is 1. The normalized spacial score (nSPS) is 27.2. The Morgan fingerprint density at radius 1 is 1.33 bits per heavy atom. The zero-order valence-electron chi connectivity index (χ0n) is 13.2. The maximum atomic E-state index is 10.2. The summed E-state index contributed by atoms with van der Waals surface area (Å²) in [4.78, 5) is 12.9. The number of nitrogen functional groups attached to an aromatic ring is 1. The molecule has 0 amide bonds. The lowest BCUT2D eigenvalue weighted by Crippen LogP contribution is -2.33. The van der Waals surface area contributed by atoms with Crippen molar-refractivity contribution in [1.82, 2.24) is 19.5 Å². The van der Waals surface area contributed by atoms with E-state index in [0.29, 0.717) is 16.3 Å². The van der Waals surface area contributed by atoms with Gasteiger partial charge in [-0.3, -0.25) is 4.57 Å². The number of aliphatic hydroxyl groups is 3. The third kappa shape index (κ3) is 3.07. The summed E-state index contributed by atoms with van der Waals surface area (Å²) < 4.78 is 7.05. The summed E-state index contributed by atoms with van der Waals surface area (Å²) in [5.74, 6) is 1.13. The summed E-state index contributed by atoms with van der Waals surface area (Å²) in [7, 11) is 0. The van der Waals surface area contributed by atoms with Gasteiger partial charge in [0.25, 0.3) is 0 Å². The number of nitrogens with two attached hydrogens (primary N) is 1. The Hall–Kier alpha value is -1.46. The van der Waals surface area contributed by atoms with Crippen molar-refractivity contribution in [2.75, 3.05) is 18.1 Å². The molecule has 1 aliphatic heterocycles. The molecular weight excluding hydrogens is 334 g/mol. The highest BCUT2D eigenvalue weighted by atomic mass is 32.2. The third-order valence-corrected chi connectivity index (χ3v) is 4.88. The second-order valence-electron chi connectivity index (χ2n) is 5.65. The lowest BCUT2D eigenvalue weighted by Gasteiger charge is -2.16. The van der Waals surface area contributed by atoms with Crippen LogP contribution in [-0.2, 0) is 4.74 Å². The van der Waals surface area contributed by atoms with Crippen LogP contribution in [0.4, 0.5) is 5.82 Å². The molecule has 132 valence electrons. The monoisotopic (exact) mass is 355 g/mol. The van der Waals surface area contributed by atoms with E-state index in [2.05, 4.69) is 21.9 Å². The Labute approximate surface area is 142 Å². The molecule has 0 aliphatic carbocycles. The Bertz CT molecular complexity index is 712. The maximum absolute atomic E-state index is 10.2. The number of ether oxygens (including phenoxy) is 1. The molecule has 0 saturated carbocycles. The Balaban J connectivity index is 1.94. The fourth-order valence-corrected chi connectivity index (χ4v) is 3.52.